The SMILES string of the molecule is CC1(C(=O)Nc2cc(C(F)(F)F)ccc2N2CCCCC2)CC(=O)N=C2C=CC=CN21. The van der Waals surface area contributed by atoms with E-state index in [2.05, 4.69) is 10.3 Å². The molecule has 0 radical (unpaired) electrons. The van der Waals surface area contributed by atoms with E-state index in [4.69, 9.17) is 0 Å². The predicted molar refractivity (Wildman–Crippen MR) is 112 cm³/mol. The fourth-order valence-electron chi connectivity index (χ4n) is 4.16. The summed E-state index contributed by atoms with van der Waals surface area (Å²) >= 11 is 0. The van der Waals surface area contributed by atoms with Crippen molar-refractivity contribution in [3.8, 4) is 0 Å². The molecule has 1 N–H and O–H groups in total. The first-order valence-electron chi connectivity index (χ1n) is 10.2. The largest absolute Gasteiger partial charge is 0.416 e. The van der Waals surface area contributed by atoms with Crippen molar-refractivity contribution in [2.45, 2.75) is 44.3 Å². The van der Waals surface area contributed by atoms with Crippen LogP contribution in [0.4, 0.5) is 24.5 Å². The minimum Gasteiger partial charge on any atom is -0.370 e. The van der Waals surface area contributed by atoms with Gasteiger partial charge in [-0.15, -0.1) is 0 Å². The van der Waals surface area contributed by atoms with Crippen LogP contribution in [0, 0.1) is 0 Å². The van der Waals surface area contributed by atoms with Gasteiger partial charge in [0.05, 0.1) is 23.4 Å². The molecule has 0 aromatic heterocycles. The maximum Gasteiger partial charge on any atom is 0.416 e. The number of hydrogen-bond acceptors (Lipinski definition) is 4. The Kier molecular flexibility index (Phi) is 5.36. The second-order valence-electron chi connectivity index (χ2n) is 8.12. The number of nitrogens with zero attached hydrogens (tertiary/aromatic N) is 3. The molecule has 1 atom stereocenters. The van der Waals surface area contributed by atoms with E-state index in [1.165, 1.54) is 6.07 Å². The van der Waals surface area contributed by atoms with Crippen LogP contribution in [0.3, 0.4) is 0 Å². The number of alkyl halides is 3. The summed E-state index contributed by atoms with van der Waals surface area (Å²) in [5, 5.41) is 2.70. The van der Waals surface area contributed by atoms with Crippen LogP contribution in [0.25, 0.3) is 0 Å². The van der Waals surface area contributed by atoms with Gasteiger partial charge in [-0.2, -0.15) is 18.2 Å². The standard InChI is InChI=1S/C22H23F3N4O2/c1-21(14-19(30)27-18-7-3-6-12-29(18)21)20(31)26-16-13-15(22(23,24)25)8-9-17(16)28-10-4-2-5-11-28/h3,6-9,12-13H,2,4-5,10-11,14H2,1H3,(H,26,31). The number of nitrogens with one attached hydrogen (secondary N) is 1. The molecule has 3 aliphatic heterocycles. The number of amidine groups is 1. The molecule has 1 aromatic rings. The molecule has 6 nitrogen and oxygen atoms in total. The van der Waals surface area contributed by atoms with Crippen molar-refractivity contribution in [2.24, 2.45) is 4.99 Å². The molecule has 1 aromatic carbocycles. The van der Waals surface area contributed by atoms with Gasteiger partial charge in [-0.05, 0) is 56.5 Å². The molecule has 2 amide bonds. The molecule has 1 unspecified atom stereocenters. The van der Waals surface area contributed by atoms with Crippen LogP contribution in [-0.2, 0) is 15.8 Å². The van der Waals surface area contributed by atoms with Crippen molar-refractivity contribution in [1.29, 1.82) is 0 Å². The highest BCUT2D eigenvalue weighted by molar-refractivity contribution is 6.12. The summed E-state index contributed by atoms with van der Waals surface area (Å²) in [6, 6.07) is 3.42. The highest BCUT2D eigenvalue weighted by Gasteiger charge is 2.45. The molecular weight excluding hydrogens is 409 g/mol. The van der Waals surface area contributed by atoms with E-state index in [-0.39, 0.29) is 12.1 Å². The number of fused-ring (bicyclic) bond motifs is 1. The summed E-state index contributed by atoms with van der Waals surface area (Å²) in [5.74, 6) is -0.688. The van der Waals surface area contributed by atoms with Crippen LogP contribution in [0.5, 0.6) is 0 Å². The quantitative estimate of drug-likeness (QED) is 0.781. The van der Waals surface area contributed by atoms with Gasteiger partial charge < -0.3 is 15.1 Å². The maximum atomic E-state index is 13.4. The number of carbonyl (C=O) groups excluding carboxylic acids is 2. The lowest BCUT2D eigenvalue weighted by molar-refractivity contribution is -0.137. The Balaban J connectivity index is 1.69. The first kappa shape index (κ1) is 21.1. The Hall–Kier alpha value is -3.10. The predicted octanol–water partition coefficient (Wildman–Crippen LogP) is 4.11. The second-order valence-corrected chi connectivity index (χ2v) is 8.12. The number of piperidine rings is 1. The first-order valence-corrected chi connectivity index (χ1v) is 10.2. The number of carbonyl (C=O) groups is 2. The van der Waals surface area contributed by atoms with Gasteiger partial charge in [-0.1, -0.05) is 6.08 Å². The van der Waals surface area contributed by atoms with Crippen molar-refractivity contribution >= 4 is 29.0 Å². The normalized spacial score (nSPS) is 23.5. The summed E-state index contributed by atoms with van der Waals surface area (Å²) in [4.78, 5) is 33.1. The van der Waals surface area contributed by atoms with Gasteiger partial charge in [0.1, 0.15) is 11.4 Å². The highest BCUT2D eigenvalue weighted by atomic mass is 19.4. The second kappa shape index (κ2) is 7.86. The van der Waals surface area contributed by atoms with Crippen molar-refractivity contribution < 1.29 is 22.8 Å². The molecule has 3 aliphatic rings. The third kappa shape index (κ3) is 4.08. The van der Waals surface area contributed by atoms with Crippen LogP contribution in [0.2, 0.25) is 0 Å². The van der Waals surface area contributed by atoms with Gasteiger partial charge in [0.2, 0.25) is 0 Å². The molecule has 0 saturated carbocycles. The molecule has 1 saturated heterocycles. The number of anilines is 2. The molecule has 0 bridgehead atoms. The van der Waals surface area contributed by atoms with Crippen LogP contribution >= 0.6 is 0 Å². The number of amides is 2. The lowest BCUT2D eigenvalue weighted by Gasteiger charge is -2.42. The lowest BCUT2D eigenvalue weighted by Crippen LogP contribution is -2.58. The average molecular weight is 432 g/mol. The Labute approximate surface area is 178 Å². The van der Waals surface area contributed by atoms with Gasteiger partial charge in [-0.25, -0.2) is 0 Å². The average Bonchev–Trinajstić information content (AvgIpc) is 2.73. The molecule has 0 aliphatic carbocycles. The van der Waals surface area contributed by atoms with E-state index in [0.717, 1.165) is 31.4 Å². The van der Waals surface area contributed by atoms with Gasteiger partial charge in [0.25, 0.3) is 11.8 Å². The van der Waals surface area contributed by atoms with E-state index < -0.39 is 29.1 Å². The smallest absolute Gasteiger partial charge is 0.370 e. The summed E-state index contributed by atoms with van der Waals surface area (Å²) in [5.41, 5.74) is -1.51. The van der Waals surface area contributed by atoms with Crippen molar-refractivity contribution in [3.63, 3.8) is 0 Å². The Morgan fingerprint density at radius 1 is 1.16 bits per heavy atom. The number of halogens is 3. The van der Waals surface area contributed by atoms with Gasteiger partial charge in [0.15, 0.2) is 0 Å². The van der Waals surface area contributed by atoms with Gasteiger partial charge >= 0.3 is 6.18 Å². The van der Waals surface area contributed by atoms with Gasteiger partial charge in [0, 0.05) is 19.3 Å². The minimum atomic E-state index is -4.54. The molecule has 3 heterocycles. The molecular formula is C22H23F3N4O2. The summed E-state index contributed by atoms with van der Waals surface area (Å²) < 4.78 is 40.1. The highest BCUT2D eigenvalue weighted by Crippen LogP contribution is 2.37. The Morgan fingerprint density at radius 3 is 2.61 bits per heavy atom. The fourth-order valence-corrected chi connectivity index (χ4v) is 4.16. The van der Waals surface area contributed by atoms with Crippen molar-refractivity contribution in [3.05, 3.63) is 48.2 Å². The monoisotopic (exact) mass is 432 g/mol. The number of benzene rings is 1. The molecule has 1 fully saturated rings. The third-order valence-electron chi connectivity index (χ3n) is 5.86. The molecule has 164 valence electrons. The van der Waals surface area contributed by atoms with E-state index in [9.17, 15) is 22.8 Å². The number of hydrogen-bond donors (Lipinski definition) is 1. The van der Waals surface area contributed by atoms with Crippen LogP contribution < -0.4 is 10.2 Å². The molecule has 9 heteroatoms. The van der Waals surface area contributed by atoms with E-state index in [0.29, 0.717) is 24.6 Å². The summed E-state index contributed by atoms with van der Waals surface area (Å²) in [6.45, 7) is 3.01. The molecule has 0 spiro atoms. The topological polar surface area (TPSA) is 65.0 Å². The Bertz CT molecular complexity index is 993. The van der Waals surface area contributed by atoms with Crippen molar-refractivity contribution in [1.82, 2.24) is 4.90 Å². The van der Waals surface area contributed by atoms with E-state index in [1.807, 2.05) is 4.90 Å². The maximum absolute atomic E-state index is 13.4. The zero-order valence-corrected chi connectivity index (χ0v) is 17.1. The number of allylic oxidation sites excluding steroid dienone is 2. The van der Waals surface area contributed by atoms with Gasteiger partial charge in [-0.3, -0.25) is 9.59 Å². The number of rotatable bonds is 3. The fraction of sp³-hybridized carbons (Fsp3) is 0.409. The lowest BCUT2D eigenvalue weighted by atomic mass is 9.91. The van der Waals surface area contributed by atoms with Crippen LogP contribution in [0.1, 0.15) is 38.2 Å². The van der Waals surface area contributed by atoms with Crippen LogP contribution in [0.15, 0.2) is 47.6 Å². The summed E-state index contributed by atoms with van der Waals surface area (Å²) in [7, 11) is 0. The first-order chi connectivity index (χ1) is 14.7. The van der Waals surface area contributed by atoms with Crippen molar-refractivity contribution in [2.75, 3.05) is 23.3 Å². The third-order valence-corrected chi connectivity index (χ3v) is 5.86. The van der Waals surface area contributed by atoms with Crippen LogP contribution in [-0.4, -0.2) is 41.2 Å². The van der Waals surface area contributed by atoms with E-state index in [1.54, 1.807) is 36.3 Å². The molecule has 31 heavy (non-hydrogen) atoms. The zero-order chi connectivity index (χ0) is 22.2. The molecule has 4 rings (SSSR count). The summed E-state index contributed by atoms with van der Waals surface area (Å²) in [6.07, 6.45) is 4.89. The minimum absolute atomic E-state index is 0.0935. The zero-order valence-electron chi connectivity index (χ0n) is 17.1. The Morgan fingerprint density at radius 2 is 1.90 bits per heavy atom. The van der Waals surface area contributed by atoms with E-state index >= 15 is 0 Å². The number of aliphatic imine (C=N–C) groups is 1.